The summed E-state index contributed by atoms with van der Waals surface area (Å²) in [7, 11) is 0. The van der Waals surface area contributed by atoms with E-state index in [2.05, 4.69) is 5.32 Å². The van der Waals surface area contributed by atoms with Crippen LogP contribution in [0.15, 0.2) is 54.6 Å². The minimum Gasteiger partial charge on any atom is -0.445 e. The topological polar surface area (TPSA) is 126 Å². The predicted molar refractivity (Wildman–Crippen MR) is 117 cm³/mol. The van der Waals surface area contributed by atoms with Gasteiger partial charge in [0.2, 0.25) is 11.8 Å². The molecule has 32 heavy (non-hydrogen) atoms. The molecule has 166 valence electrons. The highest BCUT2D eigenvalue weighted by Gasteiger charge is 2.37. The lowest BCUT2D eigenvalue weighted by atomic mass is 9.93. The second-order valence-corrected chi connectivity index (χ2v) is 7.89. The van der Waals surface area contributed by atoms with Gasteiger partial charge in [-0.15, -0.1) is 0 Å². The number of fused-ring (bicyclic) bond motifs is 1. The van der Waals surface area contributed by atoms with Gasteiger partial charge in [-0.3, -0.25) is 14.5 Å². The first kappa shape index (κ1) is 22.8. The number of hydrogen-bond donors (Lipinski definition) is 2. The molecule has 3 atom stereocenters. The van der Waals surface area contributed by atoms with Gasteiger partial charge in [0.15, 0.2) is 0 Å². The third kappa shape index (κ3) is 5.64. The fourth-order valence-corrected chi connectivity index (χ4v) is 3.67. The summed E-state index contributed by atoms with van der Waals surface area (Å²) in [6.07, 6.45) is -0.245. The number of primary amides is 1. The summed E-state index contributed by atoms with van der Waals surface area (Å²) in [4.78, 5) is 39.3. The summed E-state index contributed by atoms with van der Waals surface area (Å²) in [6.45, 7) is 1.93. The van der Waals surface area contributed by atoms with Gasteiger partial charge in [-0.2, -0.15) is 5.26 Å². The van der Waals surface area contributed by atoms with Crippen molar-refractivity contribution in [1.82, 2.24) is 10.2 Å². The Labute approximate surface area is 187 Å². The van der Waals surface area contributed by atoms with Gasteiger partial charge in [-0.25, -0.2) is 4.79 Å². The molecule has 1 heterocycles. The summed E-state index contributed by atoms with van der Waals surface area (Å²) in [5.41, 5.74) is 8.14. The van der Waals surface area contributed by atoms with E-state index in [1.807, 2.05) is 60.7 Å². The van der Waals surface area contributed by atoms with Crippen molar-refractivity contribution in [3.63, 3.8) is 0 Å². The van der Waals surface area contributed by atoms with Crippen LogP contribution in [0.25, 0.3) is 0 Å². The number of ether oxygens (including phenoxy) is 1. The van der Waals surface area contributed by atoms with E-state index in [0.29, 0.717) is 0 Å². The van der Waals surface area contributed by atoms with E-state index >= 15 is 0 Å². The summed E-state index contributed by atoms with van der Waals surface area (Å²) >= 11 is 0. The molecular weight excluding hydrogens is 408 g/mol. The first-order valence-corrected chi connectivity index (χ1v) is 10.4. The second-order valence-electron chi connectivity index (χ2n) is 7.89. The minimum atomic E-state index is -1.00. The Balaban J connectivity index is 1.78. The number of rotatable bonds is 7. The van der Waals surface area contributed by atoms with E-state index in [9.17, 15) is 14.4 Å². The largest absolute Gasteiger partial charge is 0.445 e. The number of nitriles is 1. The predicted octanol–water partition coefficient (Wildman–Crippen LogP) is 2.27. The first-order valence-electron chi connectivity index (χ1n) is 10.4. The maximum atomic E-state index is 13.1. The van der Waals surface area contributed by atoms with Crippen molar-refractivity contribution >= 4 is 17.9 Å². The molecule has 0 saturated heterocycles. The van der Waals surface area contributed by atoms with Crippen LogP contribution < -0.4 is 11.1 Å². The van der Waals surface area contributed by atoms with E-state index in [1.165, 1.54) is 4.90 Å². The molecule has 0 aliphatic carbocycles. The molecule has 0 aromatic heterocycles. The molecule has 0 spiro atoms. The van der Waals surface area contributed by atoms with Gasteiger partial charge in [0.05, 0.1) is 12.6 Å². The van der Waals surface area contributed by atoms with Crippen LogP contribution in [-0.4, -0.2) is 34.9 Å². The highest BCUT2D eigenvalue weighted by atomic mass is 16.6. The van der Waals surface area contributed by atoms with Gasteiger partial charge in [0, 0.05) is 12.3 Å². The van der Waals surface area contributed by atoms with Crippen molar-refractivity contribution < 1.29 is 19.1 Å². The Morgan fingerprint density at radius 2 is 1.81 bits per heavy atom. The molecule has 3 amide bonds. The van der Waals surface area contributed by atoms with Gasteiger partial charge < -0.3 is 15.8 Å². The molecule has 2 aromatic carbocycles. The normalized spacial score (nSPS) is 16.8. The Hall–Kier alpha value is -3.86. The molecule has 1 aliphatic heterocycles. The molecule has 0 radical (unpaired) electrons. The second kappa shape index (κ2) is 10.4. The fraction of sp³-hybridized carbons (Fsp3) is 0.333. The summed E-state index contributed by atoms with van der Waals surface area (Å²) in [5.74, 6) is -1.70. The van der Waals surface area contributed by atoms with Crippen molar-refractivity contribution in [3.05, 3.63) is 71.3 Å². The van der Waals surface area contributed by atoms with E-state index in [4.69, 9.17) is 15.7 Å². The van der Waals surface area contributed by atoms with Crippen LogP contribution in [0.1, 0.15) is 30.0 Å². The van der Waals surface area contributed by atoms with E-state index in [-0.39, 0.29) is 26.0 Å². The van der Waals surface area contributed by atoms with Crippen LogP contribution >= 0.6 is 0 Å². The van der Waals surface area contributed by atoms with Crippen LogP contribution in [0.3, 0.4) is 0 Å². The third-order valence-corrected chi connectivity index (χ3v) is 5.46. The average Bonchev–Trinajstić information content (AvgIpc) is 2.81. The SMILES string of the molecule is C[C@@H](C#N)C[C@H](NC(=O)[C@@H]1Cc2ccccc2CN1C(=O)OCc1ccccc1)C(N)=O. The smallest absolute Gasteiger partial charge is 0.411 e. The van der Waals surface area contributed by atoms with Crippen LogP contribution in [-0.2, 0) is 33.9 Å². The van der Waals surface area contributed by atoms with Gasteiger partial charge in [-0.05, 0) is 30.0 Å². The van der Waals surface area contributed by atoms with E-state index in [0.717, 1.165) is 16.7 Å². The van der Waals surface area contributed by atoms with Gasteiger partial charge in [0.25, 0.3) is 0 Å². The number of nitrogens with two attached hydrogens (primary N) is 1. The number of amides is 3. The van der Waals surface area contributed by atoms with Crippen molar-refractivity contribution in [2.75, 3.05) is 0 Å². The molecule has 3 N–H and O–H groups in total. The lowest BCUT2D eigenvalue weighted by Crippen LogP contribution is -2.56. The van der Waals surface area contributed by atoms with E-state index in [1.54, 1.807) is 6.92 Å². The number of carbonyl (C=O) groups excluding carboxylic acids is 3. The summed E-state index contributed by atoms with van der Waals surface area (Å²) in [6, 6.07) is 17.0. The standard InChI is InChI=1S/C24H26N4O4/c1-16(13-25)11-20(22(26)29)27-23(30)21-12-18-9-5-6-10-19(18)14-28(21)24(31)32-15-17-7-3-2-4-8-17/h2-10,16,20-21H,11-12,14-15H2,1H3,(H2,26,29)(H,27,30)/t16-,20+,21+/m1/s1. The Morgan fingerprint density at radius 3 is 2.47 bits per heavy atom. The Bertz CT molecular complexity index is 1020. The quantitative estimate of drug-likeness (QED) is 0.691. The van der Waals surface area contributed by atoms with Crippen molar-refractivity contribution in [3.8, 4) is 6.07 Å². The molecule has 0 saturated carbocycles. The molecule has 1 aliphatic rings. The van der Waals surface area contributed by atoms with Gasteiger partial charge in [-0.1, -0.05) is 54.6 Å². The lowest BCUT2D eigenvalue weighted by molar-refractivity contribution is -0.131. The molecule has 0 bridgehead atoms. The maximum Gasteiger partial charge on any atom is 0.411 e. The minimum absolute atomic E-state index is 0.0791. The molecule has 3 rings (SSSR count). The van der Waals surface area contributed by atoms with Crippen LogP contribution in [0, 0.1) is 17.2 Å². The zero-order valence-corrected chi connectivity index (χ0v) is 17.9. The Kier molecular flexibility index (Phi) is 7.45. The zero-order valence-electron chi connectivity index (χ0n) is 17.9. The van der Waals surface area contributed by atoms with E-state index < -0.39 is 35.9 Å². The lowest BCUT2D eigenvalue weighted by Gasteiger charge is -2.35. The van der Waals surface area contributed by atoms with Crippen molar-refractivity contribution in [2.24, 2.45) is 11.7 Å². The summed E-state index contributed by atoms with van der Waals surface area (Å²) in [5, 5.41) is 11.7. The first-order chi connectivity index (χ1) is 15.4. The summed E-state index contributed by atoms with van der Waals surface area (Å²) < 4.78 is 5.47. The van der Waals surface area contributed by atoms with Crippen molar-refractivity contribution in [2.45, 2.75) is 45.0 Å². The van der Waals surface area contributed by atoms with Crippen LogP contribution in [0.2, 0.25) is 0 Å². The highest BCUT2D eigenvalue weighted by Crippen LogP contribution is 2.25. The third-order valence-electron chi connectivity index (χ3n) is 5.46. The molecule has 8 nitrogen and oxygen atoms in total. The van der Waals surface area contributed by atoms with Gasteiger partial charge >= 0.3 is 6.09 Å². The van der Waals surface area contributed by atoms with Crippen LogP contribution in [0.5, 0.6) is 0 Å². The van der Waals surface area contributed by atoms with Crippen molar-refractivity contribution in [1.29, 1.82) is 5.26 Å². The highest BCUT2D eigenvalue weighted by molar-refractivity contribution is 5.91. The monoisotopic (exact) mass is 434 g/mol. The molecule has 8 heteroatoms. The number of nitrogens with zero attached hydrogens (tertiary/aromatic N) is 2. The molecule has 0 unspecified atom stereocenters. The Morgan fingerprint density at radius 1 is 1.16 bits per heavy atom. The molecule has 2 aromatic rings. The zero-order chi connectivity index (χ0) is 23.1. The maximum absolute atomic E-state index is 13.1. The average molecular weight is 434 g/mol. The number of hydrogen-bond acceptors (Lipinski definition) is 5. The fourth-order valence-electron chi connectivity index (χ4n) is 3.67. The molecular formula is C24H26N4O4. The number of nitrogens with one attached hydrogen (secondary N) is 1. The molecule has 0 fully saturated rings. The van der Waals surface area contributed by atoms with Gasteiger partial charge in [0.1, 0.15) is 18.7 Å². The number of benzene rings is 2. The van der Waals surface area contributed by atoms with Crippen LogP contribution in [0.4, 0.5) is 4.79 Å². The number of carbonyl (C=O) groups is 3.